The summed E-state index contributed by atoms with van der Waals surface area (Å²) in [5.41, 5.74) is 4.44. The minimum Gasteiger partial charge on any atom is -0.0614 e. The molecule has 4 aromatic rings. The van der Waals surface area contributed by atoms with Crippen LogP contribution in [0.3, 0.4) is 0 Å². The summed E-state index contributed by atoms with van der Waals surface area (Å²) in [6.45, 7) is 2.20. The Morgan fingerprint density at radius 2 is 1.57 bits per heavy atom. The van der Waals surface area contributed by atoms with Gasteiger partial charge in [-0.1, -0.05) is 48.5 Å². The number of fused-ring (bicyclic) bond motifs is 4. The van der Waals surface area contributed by atoms with Crippen LogP contribution in [0, 0.1) is 6.92 Å². The molecule has 0 bridgehead atoms. The number of aryl methyl sites for hydroxylation is 3. The van der Waals surface area contributed by atoms with Crippen molar-refractivity contribution in [3.8, 4) is 0 Å². The van der Waals surface area contributed by atoms with Gasteiger partial charge in [0.25, 0.3) is 0 Å². The maximum Gasteiger partial charge on any atom is -0.00961 e. The van der Waals surface area contributed by atoms with E-state index in [1.165, 1.54) is 56.3 Å². The topological polar surface area (TPSA) is 0 Å². The van der Waals surface area contributed by atoms with Crippen molar-refractivity contribution in [3.05, 3.63) is 71.3 Å². The molecular weight excluding hydrogens is 252 g/mol. The van der Waals surface area contributed by atoms with Crippen LogP contribution in [0.1, 0.15) is 16.7 Å². The van der Waals surface area contributed by atoms with E-state index >= 15 is 0 Å². The molecule has 0 saturated carbocycles. The average molecular weight is 268 g/mol. The molecule has 0 aromatic heterocycles. The van der Waals surface area contributed by atoms with Gasteiger partial charge in [0.15, 0.2) is 0 Å². The fourth-order valence-corrected chi connectivity index (χ4v) is 4.08. The lowest BCUT2D eigenvalue weighted by atomic mass is 9.93. The fourth-order valence-electron chi connectivity index (χ4n) is 4.08. The quantitative estimate of drug-likeness (QED) is 0.289. The van der Waals surface area contributed by atoms with E-state index in [-0.39, 0.29) is 0 Å². The third-order valence-electron chi connectivity index (χ3n) is 5.08. The lowest BCUT2D eigenvalue weighted by molar-refractivity contribution is 1.03. The van der Waals surface area contributed by atoms with Gasteiger partial charge in [0.1, 0.15) is 0 Å². The number of hydrogen-bond donors (Lipinski definition) is 0. The Labute approximate surface area is 124 Å². The molecule has 0 atom stereocenters. The van der Waals surface area contributed by atoms with Crippen LogP contribution >= 0.6 is 0 Å². The van der Waals surface area contributed by atoms with E-state index in [4.69, 9.17) is 0 Å². The first-order chi connectivity index (χ1) is 10.3. The van der Waals surface area contributed by atoms with Crippen molar-refractivity contribution in [2.45, 2.75) is 19.8 Å². The van der Waals surface area contributed by atoms with Gasteiger partial charge in [-0.15, -0.1) is 0 Å². The summed E-state index contributed by atoms with van der Waals surface area (Å²) in [5.74, 6) is 0. The molecule has 0 unspecified atom stereocenters. The molecule has 100 valence electrons. The Morgan fingerprint density at radius 1 is 0.714 bits per heavy atom. The molecule has 0 saturated heterocycles. The van der Waals surface area contributed by atoms with E-state index in [1.807, 2.05) is 0 Å². The van der Waals surface area contributed by atoms with Crippen molar-refractivity contribution in [2.24, 2.45) is 0 Å². The van der Waals surface area contributed by atoms with Gasteiger partial charge in [-0.05, 0) is 74.8 Å². The Balaban J connectivity index is 2.09. The zero-order valence-electron chi connectivity index (χ0n) is 12.1. The van der Waals surface area contributed by atoms with Crippen LogP contribution in [0.2, 0.25) is 0 Å². The molecule has 0 heterocycles. The monoisotopic (exact) mass is 268 g/mol. The van der Waals surface area contributed by atoms with Crippen molar-refractivity contribution < 1.29 is 0 Å². The SMILES string of the molecule is Cc1cccc2c1ccc1c3c4c(cccc4cc12)CC3. The average Bonchev–Trinajstić information content (AvgIpc) is 2.94. The van der Waals surface area contributed by atoms with Gasteiger partial charge in [0.05, 0.1) is 0 Å². The highest BCUT2D eigenvalue weighted by molar-refractivity contribution is 6.15. The summed E-state index contributed by atoms with van der Waals surface area (Å²) in [6.07, 6.45) is 2.38. The van der Waals surface area contributed by atoms with Crippen molar-refractivity contribution >= 4 is 32.3 Å². The van der Waals surface area contributed by atoms with E-state index in [1.54, 1.807) is 5.56 Å². The summed E-state index contributed by atoms with van der Waals surface area (Å²) < 4.78 is 0. The van der Waals surface area contributed by atoms with E-state index in [9.17, 15) is 0 Å². The van der Waals surface area contributed by atoms with E-state index < -0.39 is 0 Å². The molecule has 0 spiro atoms. The summed E-state index contributed by atoms with van der Waals surface area (Å²) in [7, 11) is 0. The van der Waals surface area contributed by atoms with Crippen LogP contribution in [-0.2, 0) is 12.8 Å². The standard InChI is InChI=1S/C21H16/c1-13-4-2-7-17-16(13)10-11-18-19-9-8-14-5-3-6-15(21(14)19)12-20(17)18/h2-7,10-12H,8-9H2,1H3. The van der Waals surface area contributed by atoms with Gasteiger partial charge >= 0.3 is 0 Å². The second kappa shape index (κ2) is 3.85. The van der Waals surface area contributed by atoms with Crippen LogP contribution in [0.4, 0.5) is 0 Å². The first kappa shape index (κ1) is 11.3. The largest absolute Gasteiger partial charge is 0.0614 e. The van der Waals surface area contributed by atoms with Crippen LogP contribution < -0.4 is 0 Å². The first-order valence-corrected chi connectivity index (χ1v) is 7.68. The normalized spacial score (nSPS) is 13.6. The molecule has 0 amide bonds. The second-order valence-electron chi connectivity index (χ2n) is 6.20. The summed E-state index contributed by atoms with van der Waals surface area (Å²) >= 11 is 0. The predicted octanol–water partition coefficient (Wildman–Crippen LogP) is 5.55. The molecule has 1 aliphatic carbocycles. The zero-order chi connectivity index (χ0) is 14.0. The van der Waals surface area contributed by atoms with Crippen LogP contribution in [0.25, 0.3) is 32.3 Å². The van der Waals surface area contributed by atoms with E-state index in [2.05, 4.69) is 61.5 Å². The molecule has 21 heavy (non-hydrogen) atoms. The third kappa shape index (κ3) is 1.40. The number of hydrogen-bond acceptors (Lipinski definition) is 0. The van der Waals surface area contributed by atoms with Gasteiger partial charge in [-0.25, -0.2) is 0 Å². The molecule has 0 heteroatoms. The van der Waals surface area contributed by atoms with Crippen molar-refractivity contribution in [1.29, 1.82) is 0 Å². The molecule has 0 aliphatic heterocycles. The molecule has 0 nitrogen and oxygen atoms in total. The van der Waals surface area contributed by atoms with Crippen LogP contribution in [0.15, 0.2) is 54.6 Å². The molecule has 4 aromatic carbocycles. The van der Waals surface area contributed by atoms with E-state index in [0.717, 1.165) is 0 Å². The Morgan fingerprint density at radius 3 is 2.52 bits per heavy atom. The van der Waals surface area contributed by atoms with E-state index in [0.29, 0.717) is 0 Å². The van der Waals surface area contributed by atoms with Gasteiger partial charge in [-0.3, -0.25) is 0 Å². The molecule has 1 aliphatic rings. The maximum atomic E-state index is 2.39. The Kier molecular flexibility index (Phi) is 2.08. The fraction of sp³-hybridized carbons (Fsp3) is 0.143. The summed E-state index contributed by atoms with van der Waals surface area (Å²) in [4.78, 5) is 0. The highest BCUT2D eigenvalue weighted by atomic mass is 14.2. The highest BCUT2D eigenvalue weighted by Crippen LogP contribution is 2.39. The lowest BCUT2D eigenvalue weighted by Gasteiger charge is -2.11. The van der Waals surface area contributed by atoms with Crippen molar-refractivity contribution in [2.75, 3.05) is 0 Å². The minimum absolute atomic E-state index is 1.19. The molecule has 0 fully saturated rings. The Hall–Kier alpha value is -2.34. The molecular formula is C21H16. The summed E-state index contributed by atoms with van der Waals surface area (Å²) in [5, 5.41) is 8.55. The Bertz CT molecular complexity index is 1040. The van der Waals surface area contributed by atoms with Crippen molar-refractivity contribution in [3.63, 3.8) is 0 Å². The first-order valence-electron chi connectivity index (χ1n) is 7.68. The molecule has 0 radical (unpaired) electrons. The number of rotatable bonds is 0. The summed E-state index contributed by atoms with van der Waals surface area (Å²) in [6, 6.07) is 20.4. The number of benzene rings is 4. The minimum atomic E-state index is 1.19. The third-order valence-corrected chi connectivity index (χ3v) is 5.08. The second-order valence-corrected chi connectivity index (χ2v) is 6.20. The van der Waals surface area contributed by atoms with Crippen LogP contribution in [0.5, 0.6) is 0 Å². The van der Waals surface area contributed by atoms with Gasteiger partial charge in [0, 0.05) is 0 Å². The zero-order valence-corrected chi connectivity index (χ0v) is 12.1. The maximum absolute atomic E-state index is 2.39. The lowest BCUT2D eigenvalue weighted by Crippen LogP contribution is -1.87. The molecule has 5 rings (SSSR count). The smallest absolute Gasteiger partial charge is 0.00961 e. The highest BCUT2D eigenvalue weighted by Gasteiger charge is 2.17. The van der Waals surface area contributed by atoms with Gasteiger partial charge in [-0.2, -0.15) is 0 Å². The molecule has 0 N–H and O–H groups in total. The van der Waals surface area contributed by atoms with Crippen LogP contribution in [-0.4, -0.2) is 0 Å². The van der Waals surface area contributed by atoms with Crippen molar-refractivity contribution in [1.82, 2.24) is 0 Å². The van der Waals surface area contributed by atoms with Gasteiger partial charge in [0.2, 0.25) is 0 Å². The van der Waals surface area contributed by atoms with Gasteiger partial charge < -0.3 is 0 Å². The predicted molar refractivity (Wildman–Crippen MR) is 91.1 cm³/mol.